The number of aromatic nitrogens is 2. The van der Waals surface area contributed by atoms with Gasteiger partial charge >= 0.3 is 0 Å². The summed E-state index contributed by atoms with van der Waals surface area (Å²) in [6, 6.07) is 0. The predicted molar refractivity (Wildman–Crippen MR) is 67.8 cm³/mol. The SMILES string of the molecule is COCCN(CCC(N)=NO)C(=O)c1cncnc1. The molecule has 1 heterocycles. The molecule has 8 nitrogen and oxygen atoms in total. The number of oxime groups is 1. The Labute approximate surface area is 110 Å². The molecule has 0 aliphatic rings. The minimum atomic E-state index is -0.219. The first-order valence-corrected chi connectivity index (χ1v) is 5.68. The Kier molecular flexibility index (Phi) is 6.23. The highest BCUT2D eigenvalue weighted by Gasteiger charge is 2.16. The molecule has 3 N–H and O–H groups in total. The molecule has 0 unspecified atom stereocenters. The lowest BCUT2D eigenvalue weighted by atomic mass is 10.2. The van der Waals surface area contributed by atoms with Crippen molar-refractivity contribution in [3.63, 3.8) is 0 Å². The van der Waals surface area contributed by atoms with Gasteiger partial charge in [0.1, 0.15) is 12.2 Å². The van der Waals surface area contributed by atoms with Crippen LogP contribution in [0.4, 0.5) is 0 Å². The molecule has 0 aliphatic carbocycles. The van der Waals surface area contributed by atoms with Crippen molar-refractivity contribution in [2.45, 2.75) is 6.42 Å². The van der Waals surface area contributed by atoms with Gasteiger partial charge in [-0.15, -0.1) is 0 Å². The summed E-state index contributed by atoms with van der Waals surface area (Å²) in [5.74, 6) is -0.150. The third-order valence-electron chi connectivity index (χ3n) is 2.43. The quantitative estimate of drug-likeness (QED) is 0.303. The zero-order valence-corrected chi connectivity index (χ0v) is 10.7. The number of nitrogens with two attached hydrogens (primary N) is 1. The van der Waals surface area contributed by atoms with Gasteiger partial charge in [-0.25, -0.2) is 9.97 Å². The summed E-state index contributed by atoms with van der Waals surface area (Å²) in [6.07, 6.45) is 4.52. The van der Waals surface area contributed by atoms with E-state index in [1.54, 1.807) is 12.0 Å². The standard InChI is InChI=1S/C11H17N5O3/c1-19-5-4-16(3-2-10(12)15-18)11(17)9-6-13-8-14-7-9/h6-8,18H,2-5H2,1H3,(H2,12,15). The fourth-order valence-corrected chi connectivity index (χ4v) is 1.41. The summed E-state index contributed by atoms with van der Waals surface area (Å²) in [4.78, 5) is 21.3. The third kappa shape index (κ3) is 4.88. The zero-order valence-electron chi connectivity index (χ0n) is 10.7. The molecule has 104 valence electrons. The largest absolute Gasteiger partial charge is 0.409 e. The number of nitrogens with zero attached hydrogens (tertiary/aromatic N) is 4. The van der Waals surface area contributed by atoms with E-state index >= 15 is 0 Å². The van der Waals surface area contributed by atoms with Crippen molar-refractivity contribution in [3.8, 4) is 0 Å². The number of rotatable bonds is 7. The smallest absolute Gasteiger partial charge is 0.257 e. The summed E-state index contributed by atoms with van der Waals surface area (Å²) >= 11 is 0. The van der Waals surface area contributed by atoms with Crippen LogP contribution in [0, 0.1) is 0 Å². The highest BCUT2D eigenvalue weighted by Crippen LogP contribution is 2.03. The van der Waals surface area contributed by atoms with Gasteiger partial charge in [0.15, 0.2) is 0 Å². The van der Waals surface area contributed by atoms with Crippen LogP contribution in [0.5, 0.6) is 0 Å². The first-order chi connectivity index (χ1) is 9.19. The molecule has 0 saturated carbocycles. The van der Waals surface area contributed by atoms with Crippen LogP contribution in [-0.4, -0.2) is 58.6 Å². The second kappa shape index (κ2) is 7.98. The number of amidine groups is 1. The van der Waals surface area contributed by atoms with E-state index in [4.69, 9.17) is 15.7 Å². The van der Waals surface area contributed by atoms with Crippen LogP contribution in [0.25, 0.3) is 0 Å². The van der Waals surface area contributed by atoms with Crippen molar-refractivity contribution in [2.24, 2.45) is 10.9 Å². The van der Waals surface area contributed by atoms with Crippen molar-refractivity contribution in [1.29, 1.82) is 0 Å². The van der Waals surface area contributed by atoms with Crippen molar-refractivity contribution in [2.75, 3.05) is 26.8 Å². The predicted octanol–water partition coefficient (Wildman–Crippen LogP) is -0.298. The van der Waals surface area contributed by atoms with E-state index in [0.29, 0.717) is 25.3 Å². The molecule has 1 rings (SSSR count). The molecule has 0 bridgehead atoms. The molecule has 0 radical (unpaired) electrons. The Morgan fingerprint density at radius 3 is 2.74 bits per heavy atom. The highest BCUT2D eigenvalue weighted by molar-refractivity contribution is 5.94. The van der Waals surface area contributed by atoms with Gasteiger partial charge < -0.3 is 20.6 Å². The molecule has 0 saturated heterocycles. The lowest BCUT2D eigenvalue weighted by molar-refractivity contribution is 0.0699. The van der Waals surface area contributed by atoms with Crippen LogP contribution in [0.3, 0.4) is 0 Å². The molecule has 0 spiro atoms. The lowest BCUT2D eigenvalue weighted by Gasteiger charge is -2.21. The van der Waals surface area contributed by atoms with Crippen molar-refractivity contribution >= 4 is 11.7 Å². The number of methoxy groups -OCH3 is 1. The van der Waals surface area contributed by atoms with E-state index in [-0.39, 0.29) is 18.2 Å². The van der Waals surface area contributed by atoms with Gasteiger partial charge in [0.2, 0.25) is 0 Å². The van der Waals surface area contributed by atoms with Gasteiger partial charge in [-0.1, -0.05) is 5.16 Å². The van der Waals surface area contributed by atoms with Gasteiger partial charge in [0.05, 0.1) is 12.2 Å². The third-order valence-corrected chi connectivity index (χ3v) is 2.43. The van der Waals surface area contributed by atoms with Crippen LogP contribution in [0.15, 0.2) is 23.9 Å². The first kappa shape index (κ1) is 14.8. The number of amides is 1. The number of ether oxygens (including phenoxy) is 1. The maximum atomic E-state index is 12.2. The minimum Gasteiger partial charge on any atom is -0.409 e. The van der Waals surface area contributed by atoms with Gasteiger partial charge in [-0.3, -0.25) is 4.79 Å². The van der Waals surface area contributed by atoms with Crippen molar-refractivity contribution < 1.29 is 14.7 Å². The molecule has 0 aromatic carbocycles. The van der Waals surface area contributed by atoms with Crippen molar-refractivity contribution in [1.82, 2.24) is 14.9 Å². The Balaban J connectivity index is 2.70. The summed E-state index contributed by atoms with van der Waals surface area (Å²) < 4.78 is 4.96. The number of hydrogen-bond donors (Lipinski definition) is 2. The second-order valence-electron chi connectivity index (χ2n) is 3.75. The Morgan fingerprint density at radius 1 is 1.47 bits per heavy atom. The summed E-state index contributed by atoms with van der Waals surface area (Å²) in [7, 11) is 1.55. The summed E-state index contributed by atoms with van der Waals surface area (Å²) in [6.45, 7) is 1.13. The molecule has 1 amide bonds. The van der Waals surface area contributed by atoms with E-state index in [0.717, 1.165) is 0 Å². The Morgan fingerprint density at radius 2 is 2.16 bits per heavy atom. The van der Waals surface area contributed by atoms with E-state index in [9.17, 15) is 4.79 Å². The van der Waals surface area contributed by atoms with E-state index in [2.05, 4.69) is 15.1 Å². The van der Waals surface area contributed by atoms with Crippen LogP contribution in [-0.2, 0) is 4.74 Å². The van der Waals surface area contributed by atoms with Crippen LogP contribution in [0.1, 0.15) is 16.8 Å². The van der Waals surface area contributed by atoms with Crippen LogP contribution in [0.2, 0.25) is 0 Å². The monoisotopic (exact) mass is 267 g/mol. The van der Waals surface area contributed by atoms with Crippen LogP contribution < -0.4 is 5.73 Å². The zero-order chi connectivity index (χ0) is 14.1. The number of carbonyl (C=O) groups excluding carboxylic acids is 1. The molecule has 0 aliphatic heterocycles. The maximum Gasteiger partial charge on any atom is 0.257 e. The Bertz CT molecular complexity index is 424. The highest BCUT2D eigenvalue weighted by atomic mass is 16.5. The lowest BCUT2D eigenvalue weighted by Crippen LogP contribution is -2.36. The number of carbonyl (C=O) groups is 1. The van der Waals surface area contributed by atoms with Gasteiger partial charge in [0.25, 0.3) is 5.91 Å². The minimum absolute atomic E-state index is 0.0690. The van der Waals surface area contributed by atoms with Gasteiger partial charge in [-0.2, -0.15) is 0 Å². The second-order valence-corrected chi connectivity index (χ2v) is 3.75. The van der Waals surface area contributed by atoms with Crippen molar-refractivity contribution in [3.05, 3.63) is 24.3 Å². The molecule has 0 fully saturated rings. The molecular weight excluding hydrogens is 250 g/mol. The molecule has 1 aromatic rings. The van der Waals surface area contributed by atoms with Crippen LogP contribution >= 0.6 is 0 Å². The normalized spacial score (nSPS) is 11.3. The number of hydrogen-bond acceptors (Lipinski definition) is 6. The van der Waals surface area contributed by atoms with Gasteiger partial charge in [-0.05, 0) is 0 Å². The van der Waals surface area contributed by atoms with E-state index in [1.165, 1.54) is 18.7 Å². The fourth-order valence-electron chi connectivity index (χ4n) is 1.41. The van der Waals surface area contributed by atoms with E-state index < -0.39 is 0 Å². The van der Waals surface area contributed by atoms with E-state index in [1.807, 2.05) is 0 Å². The fraction of sp³-hybridized carbons (Fsp3) is 0.455. The maximum absolute atomic E-state index is 12.2. The molecular formula is C11H17N5O3. The molecule has 19 heavy (non-hydrogen) atoms. The molecule has 1 aromatic heterocycles. The topological polar surface area (TPSA) is 114 Å². The summed E-state index contributed by atoms with van der Waals surface area (Å²) in [5, 5.41) is 11.4. The Hall–Kier alpha value is -2.22. The van der Waals surface area contributed by atoms with Gasteiger partial charge in [0, 0.05) is 39.0 Å². The molecule has 8 heteroatoms. The first-order valence-electron chi connectivity index (χ1n) is 5.68. The average molecular weight is 267 g/mol. The summed E-state index contributed by atoms with van der Waals surface area (Å²) in [5.41, 5.74) is 5.78. The average Bonchev–Trinajstić information content (AvgIpc) is 2.47. The molecule has 0 atom stereocenters.